The largest absolute Gasteiger partial charge is 0.416 e. The van der Waals surface area contributed by atoms with E-state index in [0.29, 0.717) is 16.2 Å². The molecule has 0 saturated carbocycles. The molecule has 0 radical (unpaired) electrons. The average molecular weight is 401 g/mol. The number of carbonyl (C=O) groups is 1. The van der Waals surface area contributed by atoms with Gasteiger partial charge in [0.05, 0.1) is 21.8 Å². The van der Waals surface area contributed by atoms with Crippen molar-refractivity contribution in [3.63, 3.8) is 0 Å². The Balaban J connectivity index is 2.25. The highest BCUT2D eigenvalue weighted by atomic mass is 32.2. The van der Waals surface area contributed by atoms with E-state index in [-0.39, 0.29) is 11.3 Å². The lowest BCUT2D eigenvalue weighted by atomic mass is 10.0. The van der Waals surface area contributed by atoms with Gasteiger partial charge in [-0.1, -0.05) is 24.3 Å². The SMILES string of the molecule is CC(C)(CS(=O)(=O)c1ccc(-c2ccc(C(F)(F)F)cc2)cc1)N(O)C=O. The predicted molar refractivity (Wildman–Crippen MR) is 92.7 cm³/mol. The van der Waals surface area contributed by atoms with E-state index in [1.54, 1.807) is 0 Å². The maximum Gasteiger partial charge on any atom is 0.416 e. The fraction of sp³-hybridized carbons (Fsp3) is 0.278. The summed E-state index contributed by atoms with van der Waals surface area (Å²) in [6.07, 6.45) is -4.30. The van der Waals surface area contributed by atoms with Crippen molar-refractivity contribution in [1.82, 2.24) is 5.06 Å². The molecule has 0 fully saturated rings. The van der Waals surface area contributed by atoms with E-state index in [2.05, 4.69) is 0 Å². The molecule has 2 aromatic rings. The van der Waals surface area contributed by atoms with Crippen molar-refractivity contribution >= 4 is 16.2 Å². The molecule has 2 aromatic carbocycles. The molecule has 0 bridgehead atoms. The highest BCUT2D eigenvalue weighted by Crippen LogP contribution is 2.31. The van der Waals surface area contributed by atoms with E-state index in [9.17, 15) is 31.6 Å². The molecule has 27 heavy (non-hydrogen) atoms. The first-order valence-corrected chi connectivity index (χ1v) is 9.46. The van der Waals surface area contributed by atoms with E-state index >= 15 is 0 Å². The van der Waals surface area contributed by atoms with Crippen molar-refractivity contribution < 1.29 is 31.6 Å². The molecule has 0 heterocycles. The number of nitrogens with zero attached hydrogens (tertiary/aromatic N) is 1. The Morgan fingerprint density at radius 3 is 1.81 bits per heavy atom. The third-order valence-corrected chi connectivity index (χ3v) is 6.10. The van der Waals surface area contributed by atoms with Gasteiger partial charge in [0.25, 0.3) is 0 Å². The monoisotopic (exact) mass is 401 g/mol. The van der Waals surface area contributed by atoms with E-state index in [4.69, 9.17) is 0 Å². The van der Waals surface area contributed by atoms with E-state index in [1.165, 1.54) is 50.2 Å². The zero-order chi connectivity index (χ0) is 20.5. The number of carbonyl (C=O) groups excluding carboxylic acids is 1. The van der Waals surface area contributed by atoms with Crippen LogP contribution in [-0.2, 0) is 20.8 Å². The minimum absolute atomic E-state index is 0.0227. The van der Waals surface area contributed by atoms with Crippen LogP contribution in [0.3, 0.4) is 0 Å². The molecule has 0 aliphatic rings. The summed E-state index contributed by atoms with van der Waals surface area (Å²) < 4.78 is 62.8. The first-order valence-electron chi connectivity index (χ1n) is 7.81. The van der Waals surface area contributed by atoms with Crippen molar-refractivity contribution in [2.75, 3.05) is 5.75 Å². The lowest BCUT2D eigenvalue weighted by Crippen LogP contribution is -2.46. The minimum Gasteiger partial charge on any atom is -0.286 e. The van der Waals surface area contributed by atoms with Crippen LogP contribution in [-0.4, -0.2) is 36.4 Å². The molecule has 9 heteroatoms. The van der Waals surface area contributed by atoms with E-state index in [1.807, 2.05) is 0 Å². The number of hydrogen-bond acceptors (Lipinski definition) is 4. The smallest absolute Gasteiger partial charge is 0.286 e. The second kappa shape index (κ2) is 7.32. The maximum absolute atomic E-state index is 12.6. The van der Waals surface area contributed by atoms with Gasteiger partial charge in [-0.05, 0) is 49.2 Å². The van der Waals surface area contributed by atoms with Crippen LogP contribution < -0.4 is 0 Å². The third-order valence-electron chi connectivity index (χ3n) is 4.02. The molecule has 0 aromatic heterocycles. The van der Waals surface area contributed by atoms with Gasteiger partial charge in [-0.15, -0.1) is 0 Å². The highest BCUT2D eigenvalue weighted by Gasteiger charge is 2.32. The number of halogens is 3. The summed E-state index contributed by atoms with van der Waals surface area (Å²) in [7, 11) is -3.81. The van der Waals surface area contributed by atoms with Gasteiger partial charge in [-0.25, -0.2) is 13.5 Å². The highest BCUT2D eigenvalue weighted by molar-refractivity contribution is 7.91. The maximum atomic E-state index is 12.6. The van der Waals surface area contributed by atoms with Gasteiger partial charge in [0.1, 0.15) is 0 Å². The number of hydroxylamine groups is 2. The fourth-order valence-electron chi connectivity index (χ4n) is 2.46. The van der Waals surface area contributed by atoms with Gasteiger partial charge in [0.2, 0.25) is 6.41 Å². The Labute approximate surface area is 154 Å². The van der Waals surface area contributed by atoms with Gasteiger partial charge >= 0.3 is 6.18 Å². The summed E-state index contributed by atoms with van der Waals surface area (Å²) in [5.74, 6) is -0.505. The normalized spacial score (nSPS) is 12.7. The topological polar surface area (TPSA) is 74.7 Å². The molecule has 146 valence electrons. The summed E-state index contributed by atoms with van der Waals surface area (Å²) >= 11 is 0. The average Bonchev–Trinajstić information content (AvgIpc) is 2.59. The second-order valence-corrected chi connectivity index (χ2v) is 8.61. The Bertz CT molecular complexity index is 905. The molecule has 0 saturated heterocycles. The molecule has 0 aliphatic heterocycles. The molecular formula is C18H18F3NO4S. The van der Waals surface area contributed by atoms with E-state index in [0.717, 1.165) is 12.1 Å². The number of rotatable bonds is 6. The zero-order valence-electron chi connectivity index (χ0n) is 14.6. The quantitative estimate of drug-likeness (QED) is 0.454. The molecule has 0 spiro atoms. The molecule has 0 atom stereocenters. The van der Waals surface area contributed by atoms with Crippen LogP contribution in [0.15, 0.2) is 53.4 Å². The van der Waals surface area contributed by atoms with Crippen molar-refractivity contribution in [3.8, 4) is 11.1 Å². The summed E-state index contributed by atoms with van der Waals surface area (Å²) in [4.78, 5) is 10.6. The van der Waals surface area contributed by atoms with Crippen LogP contribution in [0.2, 0.25) is 0 Å². The third kappa shape index (κ3) is 4.86. The molecule has 0 aliphatic carbocycles. The fourth-order valence-corrected chi connectivity index (χ4v) is 4.24. The van der Waals surface area contributed by atoms with Crippen LogP contribution in [0.4, 0.5) is 13.2 Å². The van der Waals surface area contributed by atoms with Gasteiger partial charge in [-0.3, -0.25) is 10.0 Å². The molecule has 1 amide bonds. The zero-order valence-corrected chi connectivity index (χ0v) is 15.4. The molecule has 0 unspecified atom stereocenters. The van der Waals surface area contributed by atoms with Crippen molar-refractivity contribution in [1.29, 1.82) is 0 Å². The first-order chi connectivity index (χ1) is 12.4. The van der Waals surface area contributed by atoms with Crippen LogP contribution in [0.1, 0.15) is 19.4 Å². The number of alkyl halides is 3. The Morgan fingerprint density at radius 1 is 0.963 bits per heavy atom. The molecule has 5 nitrogen and oxygen atoms in total. The predicted octanol–water partition coefficient (Wildman–Crippen LogP) is 3.77. The van der Waals surface area contributed by atoms with Crippen LogP contribution in [0, 0.1) is 0 Å². The molecule has 1 N–H and O–H groups in total. The van der Waals surface area contributed by atoms with Gasteiger partial charge < -0.3 is 0 Å². The summed E-state index contributed by atoms with van der Waals surface area (Å²) in [6.45, 7) is 2.80. The Morgan fingerprint density at radius 2 is 1.41 bits per heavy atom. The number of sulfone groups is 1. The van der Waals surface area contributed by atoms with Crippen LogP contribution in [0.5, 0.6) is 0 Å². The lowest BCUT2D eigenvalue weighted by molar-refractivity contribution is -0.170. The number of benzene rings is 2. The first kappa shape index (κ1) is 20.9. The van der Waals surface area contributed by atoms with Gasteiger partial charge in [-0.2, -0.15) is 13.2 Å². The molecular weight excluding hydrogens is 383 g/mol. The second-order valence-electron chi connectivity index (χ2n) is 6.62. The van der Waals surface area contributed by atoms with Crippen LogP contribution in [0.25, 0.3) is 11.1 Å². The Hall–Kier alpha value is -2.39. The van der Waals surface area contributed by atoms with Gasteiger partial charge in [0, 0.05) is 0 Å². The van der Waals surface area contributed by atoms with Crippen molar-refractivity contribution in [2.24, 2.45) is 0 Å². The summed E-state index contributed by atoms with van der Waals surface area (Å²) in [5.41, 5.74) is -1.03. The lowest BCUT2D eigenvalue weighted by Gasteiger charge is -2.29. The van der Waals surface area contributed by atoms with Crippen molar-refractivity contribution in [3.05, 3.63) is 54.1 Å². The number of hydrogen-bond donors (Lipinski definition) is 1. The minimum atomic E-state index is -4.43. The summed E-state index contributed by atoms with van der Waals surface area (Å²) in [6, 6.07) is 10.2. The standard InChI is InChI=1S/C18H18F3NO4S/c1-17(2,22(24)12-23)11-27(25,26)16-9-5-14(6-10-16)13-3-7-15(8-4-13)18(19,20)21/h3-10,12,24H,11H2,1-2H3. The van der Waals surface area contributed by atoms with Gasteiger partial charge in [0.15, 0.2) is 9.84 Å². The van der Waals surface area contributed by atoms with Crippen LogP contribution >= 0.6 is 0 Å². The van der Waals surface area contributed by atoms with E-state index < -0.39 is 32.9 Å². The summed E-state index contributed by atoms with van der Waals surface area (Å²) in [5, 5.41) is 9.78. The Kier molecular flexibility index (Phi) is 5.67. The number of amides is 1. The van der Waals surface area contributed by atoms with Crippen molar-refractivity contribution in [2.45, 2.75) is 30.5 Å². The molecule has 2 rings (SSSR count).